The van der Waals surface area contributed by atoms with E-state index in [-0.39, 0.29) is 0 Å². The van der Waals surface area contributed by atoms with Crippen molar-refractivity contribution in [2.75, 3.05) is 0 Å². The Morgan fingerprint density at radius 3 is 1.26 bits per heavy atom. The van der Waals surface area contributed by atoms with Gasteiger partial charge in [-0.15, -0.1) is 0 Å². The Bertz CT molecular complexity index is 5980. The van der Waals surface area contributed by atoms with Gasteiger partial charge in [-0.1, -0.05) is 237 Å². The molecule has 5 heteroatoms. The van der Waals surface area contributed by atoms with Crippen LogP contribution in [0.3, 0.4) is 0 Å². The van der Waals surface area contributed by atoms with Crippen LogP contribution in [0.2, 0.25) is 0 Å². The molecule has 4 aromatic heterocycles. The second kappa shape index (κ2) is 19.3. The van der Waals surface area contributed by atoms with E-state index in [0.717, 1.165) is 50.0 Å². The molecule has 0 aliphatic carbocycles. The molecule has 0 saturated carbocycles. The Morgan fingerprint density at radius 1 is 0.213 bits per heavy atom. The lowest BCUT2D eigenvalue weighted by Crippen LogP contribution is -2.74. The van der Waals surface area contributed by atoms with E-state index in [1.165, 1.54) is 119 Å². The van der Waals surface area contributed by atoms with Crippen molar-refractivity contribution in [3.8, 4) is 28.2 Å². The Balaban J connectivity index is 0.843. The van der Waals surface area contributed by atoms with E-state index in [2.05, 4.69) is 335 Å². The maximum Gasteiger partial charge on any atom is 0.179 e. The average Bonchev–Trinajstić information content (AvgIpc) is 1.69. The Kier molecular flexibility index (Phi) is 10.8. The quantitative estimate of drug-likeness (QED) is 0.0846. The Morgan fingerprint density at radius 2 is 0.629 bits per heavy atom. The molecule has 0 saturated heterocycles. The van der Waals surface area contributed by atoms with Gasteiger partial charge in [0.2, 0.25) is 0 Å². The van der Waals surface area contributed by atoms with Gasteiger partial charge in [-0.2, -0.15) is 0 Å². The first kappa shape index (κ1) is 49.7. The molecule has 0 radical (unpaired) electrons. The summed E-state index contributed by atoms with van der Waals surface area (Å²) in [5.41, 5.74) is 14.6. The lowest BCUT2D eigenvalue weighted by molar-refractivity contribution is 0.669. The zero-order valence-corrected chi connectivity index (χ0v) is 49.3. The summed E-state index contributed by atoms with van der Waals surface area (Å²) in [5, 5.41) is 22.5. The van der Waals surface area contributed by atoms with Gasteiger partial charge in [0.15, 0.2) is 8.07 Å². The van der Waals surface area contributed by atoms with Crippen molar-refractivity contribution >= 4 is 148 Å². The van der Waals surface area contributed by atoms with Crippen LogP contribution >= 0.6 is 0 Å². The average molecular weight is 1150 g/mol. The molecule has 0 fully saturated rings. The summed E-state index contributed by atoms with van der Waals surface area (Å²) in [6.07, 6.45) is 0. The van der Waals surface area contributed by atoms with E-state index in [4.69, 9.17) is 4.42 Å². The molecular weight excluding hydrogens is 1100 g/mol. The van der Waals surface area contributed by atoms with Crippen molar-refractivity contribution in [3.63, 3.8) is 0 Å². The van der Waals surface area contributed by atoms with Gasteiger partial charge in [-0.3, -0.25) is 0 Å². The number of rotatable bonds is 8. The summed E-state index contributed by atoms with van der Waals surface area (Å²) >= 11 is 0. The van der Waals surface area contributed by atoms with Crippen LogP contribution in [0.25, 0.3) is 148 Å². The largest absolute Gasteiger partial charge is 0.456 e. The molecule has 0 amide bonds. The molecule has 4 heterocycles. The first-order valence-electron chi connectivity index (χ1n) is 30.7. The first-order valence-corrected chi connectivity index (χ1v) is 32.7. The predicted molar refractivity (Wildman–Crippen MR) is 378 cm³/mol. The van der Waals surface area contributed by atoms with E-state index in [1.807, 2.05) is 0 Å². The molecule has 15 aromatic carbocycles. The minimum Gasteiger partial charge on any atom is -0.456 e. The van der Waals surface area contributed by atoms with E-state index in [9.17, 15) is 0 Å². The lowest BCUT2D eigenvalue weighted by atomic mass is 9.92. The molecule has 0 aliphatic heterocycles. The highest BCUT2D eigenvalue weighted by Crippen LogP contribution is 2.46. The van der Waals surface area contributed by atoms with Crippen LogP contribution in [0.5, 0.6) is 0 Å². The summed E-state index contributed by atoms with van der Waals surface area (Å²) in [6.45, 7) is 0. The van der Waals surface area contributed by atoms with Gasteiger partial charge in [0.1, 0.15) is 11.2 Å². The molecule has 0 bridgehead atoms. The molecule has 0 aliphatic rings. The molecule has 414 valence electrons. The Labute approximate surface area is 513 Å². The van der Waals surface area contributed by atoms with Crippen molar-refractivity contribution in [1.82, 2.24) is 13.7 Å². The van der Waals surface area contributed by atoms with Crippen LogP contribution in [-0.2, 0) is 0 Å². The van der Waals surface area contributed by atoms with E-state index in [0.29, 0.717) is 0 Å². The molecule has 0 unspecified atom stereocenters. The minimum atomic E-state index is -3.04. The van der Waals surface area contributed by atoms with E-state index < -0.39 is 8.07 Å². The van der Waals surface area contributed by atoms with Gasteiger partial charge >= 0.3 is 0 Å². The topological polar surface area (TPSA) is 27.9 Å². The molecule has 4 nitrogen and oxygen atoms in total. The molecule has 0 spiro atoms. The van der Waals surface area contributed by atoms with Crippen molar-refractivity contribution in [2.45, 2.75) is 0 Å². The lowest BCUT2D eigenvalue weighted by Gasteiger charge is -2.35. The fourth-order valence-electron chi connectivity index (χ4n) is 15.7. The van der Waals surface area contributed by atoms with Crippen LogP contribution in [0, 0.1) is 0 Å². The van der Waals surface area contributed by atoms with Gasteiger partial charge in [-0.05, 0) is 144 Å². The maximum atomic E-state index is 6.46. The zero-order valence-electron chi connectivity index (χ0n) is 48.3. The Hall–Kier alpha value is -11.5. The minimum absolute atomic E-state index is 0.896. The molecule has 0 atom stereocenters. The summed E-state index contributed by atoms with van der Waals surface area (Å²) in [5.74, 6) is 0. The van der Waals surface area contributed by atoms with Crippen LogP contribution in [-0.4, -0.2) is 21.8 Å². The third-order valence-corrected chi connectivity index (χ3v) is 24.1. The predicted octanol–water partition coefficient (Wildman–Crippen LogP) is 19.4. The number of benzene rings is 15. The highest BCUT2D eigenvalue weighted by atomic mass is 28.3. The third-order valence-electron chi connectivity index (χ3n) is 19.4. The molecule has 19 rings (SSSR count). The summed E-state index contributed by atoms with van der Waals surface area (Å²) in [7, 11) is -3.04. The van der Waals surface area contributed by atoms with Crippen molar-refractivity contribution < 1.29 is 4.42 Å². The standard InChI is InChI=1S/C84H53N3OSi/c1-3-22-58(23-4-1)89(59-24-5-2-6-25-59,61-26-19-21-54(51-61)62-35-20-40-81-82(62)71-34-14-18-39-80(71)88-81)60-45-41-55(42-46-60)85-78-49-44-57(53-73(78)84-79(85)50-47-70-65-29-8-7-27-63(65)64-28-9-10-33-69(64)83(70)84)87-76-38-17-13-32-68(76)72-52-56(43-48-77(72)87)86-74-36-15-11-30-66(74)67-31-12-16-37-75(67)86/h1-53H. The van der Waals surface area contributed by atoms with Gasteiger partial charge in [-0.25, -0.2) is 0 Å². The van der Waals surface area contributed by atoms with Crippen molar-refractivity contribution in [2.24, 2.45) is 0 Å². The molecule has 19 aromatic rings. The number of aromatic nitrogens is 3. The van der Waals surface area contributed by atoms with Crippen LogP contribution < -0.4 is 20.7 Å². The smallest absolute Gasteiger partial charge is 0.179 e. The highest BCUT2D eigenvalue weighted by molar-refractivity contribution is 7.20. The number of nitrogens with zero attached hydrogens (tertiary/aromatic N) is 3. The fraction of sp³-hybridized carbons (Fsp3) is 0. The van der Waals surface area contributed by atoms with E-state index >= 15 is 0 Å². The SMILES string of the molecule is c1ccc([Si](c2ccccc2)(c2ccc(-n3c4ccc(-n5c6ccccc6c6cc(-n7c8ccccc8c8ccccc87)ccc65)cc4c4c5c6ccccc6c6ccccc6c5ccc43)cc2)c2cccc(-c3cccc4oc5ccccc5c34)c2)cc1. The first-order chi connectivity index (χ1) is 44.2. The number of hydrogen-bond donors (Lipinski definition) is 0. The van der Waals surface area contributed by atoms with Gasteiger partial charge in [0, 0.05) is 65.5 Å². The fourth-order valence-corrected chi connectivity index (χ4v) is 20.4. The summed E-state index contributed by atoms with van der Waals surface area (Å²) < 4.78 is 13.9. The zero-order chi connectivity index (χ0) is 58.3. The van der Waals surface area contributed by atoms with Crippen LogP contribution in [0.4, 0.5) is 0 Å². The monoisotopic (exact) mass is 1150 g/mol. The van der Waals surface area contributed by atoms with Gasteiger partial charge in [0.05, 0.1) is 33.1 Å². The second-order valence-corrected chi connectivity index (χ2v) is 27.6. The normalized spacial score (nSPS) is 12.3. The number of fused-ring (bicyclic) bond motifs is 19. The number of para-hydroxylation sites is 4. The summed E-state index contributed by atoms with van der Waals surface area (Å²) in [4.78, 5) is 0. The molecule has 0 N–H and O–H groups in total. The van der Waals surface area contributed by atoms with Gasteiger partial charge < -0.3 is 18.1 Å². The van der Waals surface area contributed by atoms with Crippen molar-refractivity contribution in [1.29, 1.82) is 0 Å². The van der Waals surface area contributed by atoms with Crippen LogP contribution in [0.1, 0.15) is 0 Å². The van der Waals surface area contributed by atoms with Gasteiger partial charge in [0.25, 0.3) is 0 Å². The number of furan rings is 1. The number of hydrogen-bond acceptors (Lipinski definition) is 1. The van der Waals surface area contributed by atoms with Crippen molar-refractivity contribution in [3.05, 3.63) is 322 Å². The second-order valence-electron chi connectivity index (χ2n) is 23.8. The third kappa shape index (κ3) is 7.16. The van der Waals surface area contributed by atoms with E-state index in [1.54, 1.807) is 0 Å². The van der Waals surface area contributed by atoms with Crippen LogP contribution in [0.15, 0.2) is 326 Å². The maximum absolute atomic E-state index is 6.46. The molecular formula is C84H53N3OSi. The highest BCUT2D eigenvalue weighted by Gasteiger charge is 2.42. The molecule has 89 heavy (non-hydrogen) atoms. The summed E-state index contributed by atoms with van der Waals surface area (Å²) in [6, 6.07) is 120.